The molecule has 216 valence electrons. The van der Waals surface area contributed by atoms with Crippen molar-refractivity contribution >= 4 is 65.4 Å². The number of hydrogen-bond donors (Lipinski definition) is 0. The standard InChI is InChI=1S/C43H29N3/c1-28-25-26-39-34(27-28)32-16-5-8-20-37(32)45(39)42-24-12-17-33-31-15-4-9-21-38(31)46(43(33)42)41-23-11-10-22-40(41)44-35-18-6-2-13-29(35)30-14-3-7-19-36(30)44/h2-27H,1H3. The van der Waals surface area contributed by atoms with E-state index in [-0.39, 0.29) is 0 Å². The highest BCUT2D eigenvalue weighted by atomic mass is 15.1. The third-order valence-electron chi connectivity index (χ3n) is 9.69. The Kier molecular flexibility index (Phi) is 5.20. The summed E-state index contributed by atoms with van der Waals surface area (Å²) in [6, 6.07) is 57.6. The lowest BCUT2D eigenvalue weighted by Gasteiger charge is -2.18. The van der Waals surface area contributed by atoms with Gasteiger partial charge < -0.3 is 13.7 Å². The largest absolute Gasteiger partial charge is 0.307 e. The van der Waals surface area contributed by atoms with Crippen molar-refractivity contribution in [2.75, 3.05) is 0 Å². The van der Waals surface area contributed by atoms with Crippen molar-refractivity contribution in [1.29, 1.82) is 0 Å². The molecule has 3 nitrogen and oxygen atoms in total. The molecule has 0 amide bonds. The highest BCUT2D eigenvalue weighted by molar-refractivity contribution is 6.15. The maximum absolute atomic E-state index is 2.49. The normalized spacial score (nSPS) is 12.0. The molecule has 0 aliphatic carbocycles. The molecular formula is C43H29N3. The van der Waals surface area contributed by atoms with Crippen LogP contribution in [-0.4, -0.2) is 13.7 Å². The Bertz CT molecular complexity index is 2770. The van der Waals surface area contributed by atoms with Crippen LogP contribution in [-0.2, 0) is 0 Å². The van der Waals surface area contributed by atoms with E-state index in [9.17, 15) is 0 Å². The minimum atomic E-state index is 1.14. The zero-order valence-corrected chi connectivity index (χ0v) is 25.4. The van der Waals surface area contributed by atoms with Crippen LogP contribution in [0.2, 0.25) is 0 Å². The Balaban J connectivity index is 1.38. The molecule has 46 heavy (non-hydrogen) atoms. The summed E-state index contributed by atoms with van der Waals surface area (Å²) in [4.78, 5) is 0. The molecule has 10 aromatic rings. The van der Waals surface area contributed by atoms with Crippen molar-refractivity contribution in [1.82, 2.24) is 13.7 Å². The van der Waals surface area contributed by atoms with Crippen LogP contribution in [0.3, 0.4) is 0 Å². The molecule has 0 aliphatic rings. The van der Waals surface area contributed by atoms with Crippen LogP contribution in [0.15, 0.2) is 158 Å². The molecule has 0 aliphatic heterocycles. The van der Waals surface area contributed by atoms with E-state index in [4.69, 9.17) is 0 Å². The number of benzene rings is 7. The lowest BCUT2D eigenvalue weighted by Crippen LogP contribution is -2.05. The minimum absolute atomic E-state index is 1.14. The number of para-hydroxylation sites is 7. The molecule has 3 heterocycles. The Hall–Kier alpha value is -6.06. The Morgan fingerprint density at radius 3 is 1.30 bits per heavy atom. The van der Waals surface area contributed by atoms with Crippen molar-refractivity contribution < 1.29 is 0 Å². The van der Waals surface area contributed by atoms with E-state index in [1.54, 1.807) is 0 Å². The third kappa shape index (κ3) is 3.37. The summed E-state index contributed by atoms with van der Waals surface area (Å²) in [5.74, 6) is 0. The number of aryl methyl sites for hydroxylation is 1. The van der Waals surface area contributed by atoms with Gasteiger partial charge in [0.2, 0.25) is 0 Å². The zero-order chi connectivity index (χ0) is 30.4. The molecule has 0 unspecified atom stereocenters. The highest BCUT2D eigenvalue weighted by Crippen LogP contribution is 2.42. The van der Waals surface area contributed by atoms with Gasteiger partial charge in [-0.3, -0.25) is 0 Å². The summed E-state index contributed by atoms with van der Waals surface area (Å²) in [5, 5.41) is 7.55. The van der Waals surface area contributed by atoms with Gasteiger partial charge in [-0.1, -0.05) is 109 Å². The zero-order valence-electron chi connectivity index (χ0n) is 25.4. The molecule has 10 rings (SSSR count). The summed E-state index contributed by atoms with van der Waals surface area (Å²) >= 11 is 0. The van der Waals surface area contributed by atoms with Gasteiger partial charge in [0.15, 0.2) is 0 Å². The first-order chi connectivity index (χ1) is 22.8. The van der Waals surface area contributed by atoms with E-state index >= 15 is 0 Å². The van der Waals surface area contributed by atoms with Gasteiger partial charge in [0.05, 0.1) is 50.2 Å². The van der Waals surface area contributed by atoms with Gasteiger partial charge in [-0.05, 0) is 61.5 Å². The number of hydrogen-bond acceptors (Lipinski definition) is 0. The van der Waals surface area contributed by atoms with Gasteiger partial charge in [-0.15, -0.1) is 0 Å². The number of nitrogens with zero attached hydrogens (tertiary/aromatic N) is 3. The van der Waals surface area contributed by atoms with E-state index in [1.807, 2.05) is 0 Å². The molecule has 0 bridgehead atoms. The molecule has 3 heteroatoms. The first-order valence-corrected chi connectivity index (χ1v) is 15.9. The molecule has 3 aromatic heterocycles. The maximum atomic E-state index is 2.49. The Morgan fingerprint density at radius 2 is 0.696 bits per heavy atom. The molecule has 0 N–H and O–H groups in total. The summed E-state index contributed by atoms with van der Waals surface area (Å²) in [6.45, 7) is 2.18. The maximum Gasteiger partial charge on any atom is 0.0783 e. The Morgan fingerprint density at radius 1 is 0.304 bits per heavy atom. The van der Waals surface area contributed by atoms with Crippen LogP contribution in [0.25, 0.3) is 82.5 Å². The first-order valence-electron chi connectivity index (χ1n) is 15.9. The fourth-order valence-electron chi connectivity index (χ4n) is 7.80. The summed E-state index contributed by atoms with van der Waals surface area (Å²) in [5.41, 5.74) is 11.9. The van der Waals surface area contributed by atoms with Gasteiger partial charge in [0.1, 0.15) is 0 Å². The van der Waals surface area contributed by atoms with Crippen LogP contribution >= 0.6 is 0 Å². The smallest absolute Gasteiger partial charge is 0.0783 e. The third-order valence-corrected chi connectivity index (χ3v) is 9.69. The van der Waals surface area contributed by atoms with E-state index in [0.717, 1.165) is 11.4 Å². The average Bonchev–Trinajstić information content (AvgIpc) is 3.74. The molecule has 7 aromatic carbocycles. The second-order valence-corrected chi connectivity index (χ2v) is 12.3. The molecule has 0 saturated heterocycles. The number of rotatable bonds is 3. The molecule has 0 saturated carbocycles. The van der Waals surface area contributed by atoms with E-state index in [0.29, 0.717) is 0 Å². The predicted octanol–water partition coefficient (Wildman–Crippen LogP) is 11.3. The monoisotopic (exact) mass is 587 g/mol. The molecular weight excluding hydrogens is 558 g/mol. The van der Waals surface area contributed by atoms with Crippen molar-refractivity contribution in [3.05, 3.63) is 163 Å². The van der Waals surface area contributed by atoms with Gasteiger partial charge in [0.25, 0.3) is 0 Å². The fourth-order valence-corrected chi connectivity index (χ4v) is 7.80. The summed E-state index contributed by atoms with van der Waals surface area (Å²) < 4.78 is 7.39. The lowest BCUT2D eigenvalue weighted by atomic mass is 10.1. The lowest BCUT2D eigenvalue weighted by molar-refractivity contribution is 1.08. The minimum Gasteiger partial charge on any atom is -0.307 e. The van der Waals surface area contributed by atoms with Crippen LogP contribution in [0.1, 0.15) is 5.56 Å². The SMILES string of the molecule is Cc1ccc2c(c1)c1ccccc1n2-c1cccc2c3ccccc3n(-c3ccccc3-n3c4ccccc4c4ccccc43)c12. The van der Waals surface area contributed by atoms with E-state index in [2.05, 4.69) is 178 Å². The fraction of sp³-hybridized carbons (Fsp3) is 0.0233. The average molecular weight is 588 g/mol. The molecule has 0 atom stereocenters. The molecule has 0 fully saturated rings. The van der Waals surface area contributed by atoms with Crippen LogP contribution < -0.4 is 0 Å². The van der Waals surface area contributed by atoms with Crippen molar-refractivity contribution in [2.45, 2.75) is 6.92 Å². The van der Waals surface area contributed by atoms with E-state index in [1.165, 1.54) is 76.7 Å². The van der Waals surface area contributed by atoms with Gasteiger partial charge in [-0.2, -0.15) is 0 Å². The van der Waals surface area contributed by atoms with Crippen molar-refractivity contribution in [3.63, 3.8) is 0 Å². The van der Waals surface area contributed by atoms with Gasteiger partial charge in [0, 0.05) is 32.3 Å². The van der Waals surface area contributed by atoms with Crippen LogP contribution in [0.5, 0.6) is 0 Å². The quantitative estimate of drug-likeness (QED) is 0.195. The van der Waals surface area contributed by atoms with E-state index < -0.39 is 0 Å². The Labute approximate surface area is 265 Å². The van der Waals surface area contributed by atoms with Gasteiger partial charge >= 0.3 is 0 Å². The number of fused-ring (bicyclic) bond motifs is 9. The summed E-state index contributed by atoms with van der Waals surface area (Å²) in [7, 11) is 0. The second kappa shape index (κ2) is 9.47. The topological polar surface area (TPSA) is 14.8 Å². The van der Waals surface area contributed by atoms with Crippen molar-refractivity contribution in [2.24, 2.45) is 0 Å². The van der Waals surface area contributed by atoms with Crippen LogP contribution in [0.4, 0.5) is 0 Å². The molecule has 0 spiro atoms. The summed E-state index contributed by atoms with van der Waals surface area (Å²) in [6.07, 6.45) is 0. The highest BCUT2D eigenvalue weighted by Gasteiger charge is 2.22. The first kappa shape index (κ1) is 25.3. The molecule has 0 radical (unpaired) electrons. The predicted molar refractivity (Wildman–Crippen MR) is 194 cm³/mol. The number of aromatic nitrogens is 3. The van der Waals surface area contributed by atoms with Crippen LogP contribution in [0, 0.1) is 6.92 Å². The second-order valence-electron chi connectivity index (χ2n) is 12.3. The van der Waals surface area contributed by atoms with Crippen molar-refractivity contribution in [3.8, 4) is 17.1 Å². The van der Waals surface area contributed by atoms with Gasteiger partial charge in [-0.25, -0.2) is 0 Å².